The first kappa shape index (κ1) is 24.9. The third-order valence-corrected chi connectivity index (χ3v) is 5.32. The van der Waals surface area contributed by atoms with Crippen LogP contribution in [0.2, 0.25) is 0 Å². The van der Waals surface area contributed by atoms with Crippen LogP contribution in [0.1, 0.15) is 21.5 Å². The lowest BCUT2D eigenvalue weighted by molar-refractivity contribution is -0.0524. The fourth-order valence-corrected chi connectivity index (χ4v) is 3.61. The quantitative estimate of drug-likeness (QED) is 0.356. The molecule has 0 saturated carbocycles. The molecule has 3 aromatic rings. The molecule has 0 amide bonds. The first-order chi connectivity index (χ1) is 16.2. The van der Waals surface area contributed by atoms with Gasteiger partial charge in [0.2, 0.25) is 5.88 Å². The predicted octanol–water partition coefficient (Wildman–Crippen LogP) is 4.93. The Balaban J connectivity index is 1.79. The number of methoxy groups -OCH3 is 2. The topological polar surface area (TPSA) is 99.1 Å². The molecule has 0 atom stereocenters. The molecule has 0 unspecified atom stereocenters. The number of carboxylic acid groups (broad SMARTS) is 1. The molecule has 1 aromatic heterocycles. The first-order valence-corrected chi connectivity index (χ1v) is 10.2. The maximum Gasteiger partial charge on any atom is 0.387 e. The van der Waals surface area contributed by atoms with Crippen molar-refractivity contribution in [1.29, 1.82) is 0 Å². The minimum absolute atomic E-state index is 0.121. The van der Waals surface area contributed by atoms with E-state index in [-0.39, 0.29) is 17.1 Å². The van der Waals surface area contributed by atoms with Crippen molar-refractivity contribution < 1.29 is 46.4 Å². The van der Waals surface area contributed by atoms with Gasteiger partial charge in [0, 0.05) is 18.2 Å². The lowest BCUT2D eigenvalue weighted by atomic mass is 10.2. The molecule has 2 aromatic carbocycles. The van der Waals surface area contributed by atoms with Gasteiger partial charge in [-0.25, -0.2) is 13.6 Å². The summed E-state index contributed by atoms with van der Waals surface area (Å²) in [7, 11) is 2.98. The number of anilines is 1. The maximum atomic E-state index is 14.3. The summed E-state index contributed by atoms with van der Waals surface area (Å²) in [5, 5.41) is 12.6. The maximum absolute atomic E-state index is 14.3. The Morgan fingerprint density at radius 2 is 1.91 bits per heavy atom. The Morgan fingerprint density at radius 3 is 2.56 bits per heavy atom. The van der Waals surface area contributed by atoms with E-state index in [9.17, 15) is 27.5 Å². The number of alkyl halides is 2. The van der Waals surface area contributed by atoms with Gasteiger partial charge in [-0.2, -0.15) is 13.2 Å². The zero-order valence-electron chi connectivity index (χ0n) is 17.7. The van der Waals surface area contributed by atoms with Crippen molar-refractivity contribution in [2.75, 3.05) is 19.5 Å². The third kappa shape index (κ3) is 5.60. The van der Waals surface area contributed by atoms with Gasteiger partial charge in [-0.3, -0.25) is 0 Å². The van der Waals surface area contributed by atoms with Crippen LogP contribution in [0.3, 0.4) is 0 Å². The van der Waals surface area contributed by atoms with Crippen LogP contribution in [0.15, 0.2) is 30.3 Å². The second kappa shape index (κ2) is 10.9. The van der Waals surface area contributed by atoms with E-state index in [1.165, 1.54) is 14.2 Å². The Labute approximate surface area is 194 Å². The van der Waals surface area contributed by atoms with Crippen LogP contribution < -0.4 is 24.3 Å². The van der Waals surface area contributed by atoms with Gasteiger partial charge < -0.3 is 29.4 Å². The van der Waals surface area contributed by atoms with Gasteiger partial charge >= 0.3 is 12.6 Å². The molecule has 13 heteroatoms. The fraction of sp³-hybridized carbons (Fsp3) is 0.238. The number of hydrogen-bond acceptors (Lipinski definition) is 8. The summed E-state index contributed by atoms with van der Waals surface area (Å²) in [5.74, 6) is -4.08. The van der Waals surface area contributed by atoms with Crippen LogP contribution in [-0.2, 0) is 13.2 Å². The standard InChI is InChI=1S/C21H18F4N2O6S/c1-30-11-4-3-10(15(7-11)31-2)8-26-19-16(20(28)29)18(27-34-19)32-9-12-13(22)5-6-14(17(12)23)33-21(24)25/h3-7,21,26H,8-9H2,1-2H3,(H,28,29). The third-order valence-electron chi connectivity index (χ3n) is 4.53. The Bertz CT molecular complexity index is 1170. The highest BCUT2D eigenvalue weighted by Crippen LogP contribution is 2.34. The number of ether oxygens (including phenoxy) is 4. The number of rotatable bonds is 11. The lowest BCUT2D eigenvalue weighted by Crippen LogP contribution is -2.10. The highest BCUT2D eigenvalue weighted by Gasteiger charge is 2.24. The number of carboxylic acids is 1. The van der Waals surface area contributed by atoms with Crippen molar-refractivity contribution in [1.82, 2.24) is 4.37 Å². The van der Waals surface area contributed by atoms with E-state index in [1.54, 1.807) is 18.2 Å². The van der Waals surface area contributed by atoms with E-state index in [0.29, 0.717) is 23.1 Å². The molecule has 0 aliphatic rings. The highest BCUT2D eigenvalue weighted by atomic mass is 32.1. The van der Waals surface area contributed by atoms with Gasteiger partial charge in [-0.15, -0.1) is 0 Å². The van der Waals surface area contributed by atoms with Crippen LogP contribution in [-0.4, -0.2) is 36.3 Å². The predicted molar refractivity (Wildman–Crippen MR) is 113 cm³/mol. The van der Waals surface area contributed by atoms with Gasteiger partial charge in [0.25, 0.3) is 0 Å². The van der Waals surface area contributed by atoms with Crippen molar-refractivity contribution in [2.24, 2.45) is 0 Å². The van der Waals surface area contributed by atoms with Crippen molar-refractivity contribution in [3.63, 3.8) is 0 Å². The van der Waals surface area contributed by atoms with Gasteiger partial charge in [0.15, 0.2) is 17.1 Å². The number of nitrogens with one attached hydrogen (secondary N) is 1. The average molecular weight is 502 g/mol. The van der Waals surface area contributed by atoms with E-state index < -0.39 is 48.0 Å². The summed E-state index contributed by atoms with van der Waals surface area (Å²) in [6.45, 7) is -3.97. The SMILES string of the molecule is COc1ccc(CNc2snc(OCc3c(F)ccc(OC(F)F)c3F)c2C(=O)O)c(OC)c1. The molecule has 0 aliphatic carbocycles. The van der Waals surface area contributed by atoms with Gasteiger partial charge in [-0.1, -0.05) is 0 Å². The summed E-state index contributed by atoms with van der Waals surface area (Å²) in [6, 6.07) is 6.53. The molecule has 0 bridgehead atoms. The number of carbonyl (C=O) groups is 1. The monoisotopic (exact) mass is 502 g/mol. The van der Waals surface area contributed by atoms with Crippen molar-refractivity contribution in [3.8, 4) is 23.1 Å². The Hall–Kier alpha value is -3.74. The molecular weight excluding hydrogens is 484 g/mol. The molecule has 3 rings (SSSR count). The average Bonchev–Trinajstić information content (AvgIpc) is 3.22. The molecule has 1 heterocycles. The van der Waals surface area contributed by atoms with E-state index in [0.717, 1.165) is 17.6 Å². The molecule has 182 valence electrons. The van der Waals surface area contributed by atoms with Crippen LogP contribution in [0.4, 0.5) is 22.6 Å². The minimum Gasteiger partial charge on any atom is -0.497 e. The number of aromatic nitrogens is 1. The fourth-order valence-electron chi connectivity index (χ4n) is 2.89. The smallest absolute Gasteiger partial charge is 0.387 e. The summed E-state index contributed by atoms with van der Waals surface area (Å²) in [4.78, 5) is 11.8. The molecule has 0 radical (unpaired) electrons. The normalized spacial score (nSPS) is 10.8. The zero-order chi connectivity index (χ0) is 24.8. The number of hydrogen-bond donors (Lipinski definition) is 2. The second-order valence-electron chi connectivity index (χ2n) is 6.53. The van der Waals surface area contributed by atoms with Crippen LogP contribution >= 0.6 is 11.5 Å². The highest BCUT2D eigenvalue weighted by molar-refractivity contribution is 7.10. The van der Waals surface area contributed by atoms with Crippen LogP contribution in [0, 0.1) is 11.6 Å². The van der Waals surface area contributed by atoms with E-state index >= 15 is 0 Å². The summed E-state index contributed by atoms with van der Waals surface area (Å²) >= 11 is 0.756. The number of benzene rings is 2. The molecular formula is C21H18F4N2O6S. The van der Waals surface area contributed by atoms with E-state index in [4.69, 9.17) is 14.2 Å². The first-order valence-electron chi connectivity index (χ1n) is 9.47. The van der Waals surface area contributed by atoms with Crippen molar-refractivity contribution in [3.05, 3.63) is 58.7 Å². The molecule has 2 N–H and O–H groups in total. The largest absolute Gasteiger partial charge is 0.497 e. The summed E-state index contributed by atoms with van der Waals surface area (Å²) < 4.78 is 76.7. The van der Waals surface area contributed by atoms with Gasteiger partial charge in [0.1, 0.15) is 28.9 Å². The Morgan fingerprint density at radius 1 is 1.15 bits per heavy atom. The molecule has 34 heavy (non-hydrogen) atoms. The lowest BCUT2D eigenvalue weighted by Gasteiger charge is -2.12. The number of nitrogens with zero attached hydrogens (tertiary/aromatic N) is 1. The van der Waals surface area contributed by atoms with Gasteiger partial charge in [-0.05, 0) is 35.8 Å². The number of halogens is 4. The Kier molecular flexibility index (Phi) is 7.99. The minimum atomic E-state index is -3.32. The van der Waals surface area contributed by atoms with Crippen molar-refractivity contribution >= 4 is 22.5 Å². The molecule has 0 fully saturated rings. The molecule has 0 aliphatic heterocycles. The molecule has 8 nitrogen and oxygen atoms in total. The van der Waals surface area contributed by atoms with Crippen LogP contribution in [0.5, 0.6) is 23.1 Å². The van der Waals surface area contributed by atoms with E-state index in [2.05, 4.69) is 14.4 Å². The molecule has 0 saturated heterocycles. The summed E-state index contributed by atoms with van der Waals surface area (Å²) in [5.41, 5.74) is -0.395. The van der Waals surface area contributed by atoms with Crippen LogP contribution in [0.25, 0.3) is 0 Å². The van der Waals surface area contributed by atoms with Gasteiger partial charge in [0.05, 0.1) is 19.8 Å². The number of aromatic carboxylic acids is 1. The zero-order valence-corrected chi connectivity index (χ0v) is 18.6. The summed E-state index contributed by atoms with van der Waals surface area (Å²) in [6.07, 6.45) is 0. The molecule has 0 spiro atoms. The van der Waals surface area contributed by atoms with E-state index in [1.807, 2.05) is 0 Å². The van der Waals surface area contributed by atoms with Crippen molar-refractivity contribution in [2.45, 2.75) is 19.8 Å². The second-order valence-corrected chi connectivity index (χ2v) is 7.31.